The molecule has 31 heavy (non-hydrogen) atoms. The van der Waals surface area contributed by atoms with Gasteiger partial charge in [0.15, 0.2) is 0 Å². The van der Waals surface area contributed by atoms with Crippen LogP contribution in [0.25, 0.3) is 0 Å². The molecule has 3 rings (SSSR count). The number of hydrogen-bond donors (Lipinski definition) is 1. The maximum absolute atomic E-state index is 13.4. The van der Waals surface area contributed by atoms with E-state index in [1.165, 1.54) is 0 Å². The van der Waals surface area contributed by atoms with Crippen LogP contribution in [0.3, 0.4) is 0 Å². The van der Waals surface area contributed by atoms with Crippen LogP contribution in [0.4, 0.5) is 5.69 Å². The van der Waals surface area contributed by atoms with Gasteiger partial charge in [0.05, 0.1) is 16.6 Å². The number of amides is 1. The first-order valence-electron chi connectivity index (χ1n) is 10.2. The van der Waals surface area contributed by atoms with Crippen molar-refractivity contribution in [3.05, 3.63) is 95.1 Å². The van der Waals surface area contributed by atoms with E-state index < -0.39 is 10.0 Å². The molecule has 0 aliphatic heterocycles. The lowest BCUT2D eigenvalue weighted by Crippen LogP contribution is -2.41. The lowest BCUT2D eigenvalue weighted by molar-refractivity contribution is -0.120. The Labute approximate surface area is 184 Å². The fraction of sp³-hybridized carbons (Fsp3) is 0.240. The van der Waals surface area contributed by atoms with Gasteiger partial charge in [-0.15, -0.1) is 0 Å². The highest BCUT2D eigenvalue weighted by Crippen LogP contribution is 2.24. The van der Waals surface area contributed by atoms with Gasteiger partial charge in [-0.2, -0.15) is 0 Å². The minimum atomic E-state index is -3.91. The van der Waals surface area contributed by atoms with Crippen LogP contribution >= 0.6 is 0 Å². The van der Waals surface area contributed by atoms with Crippen molar-refractivity contribution in [3.63, 3.8) is 0 Å². The molecule has 1 amide bonds. The Hall–Kier alpha value is -3.12. The molecule has 3 aromatic rings. The van der Waals surface area contributed by atoms with Crippen molar-refractivity contribution in [2.24, 2.45) is 0 Å². The van der Waals surface area contributed by atoms with E-state index in [0.717, 1.165) is 26.6 Å². The van der Waals surface area contributed by atoms with Crippen molar-refractivity contribution in [1.82, 2.24) is 5.32 Å². The summed E-state index contributed by atoms with van der Waals surface area (Å²) in [7, 11) is -3.91. The Morgan fingerprint density at radius 1 is 0.903 bits per heavy atom. The zero-order valence-electron chi connectivity index (χ0n) is 18.3. The SMILES string of the molecule is Cc1ccc(S(=O)(=O)N(CC(=O)N[C@@H](C)c2cc(C)ccc2C)c2ccccc2)cc1. The molecule has 0 unspecified atom stereocenters. The zero-order chi connectivity index (χ0) is 22.6. The lowest BCUT2D eigenvalue weighted by atomic mass is 10.00. The number of rotatable bonds is 7. The first-order chi connectivity index (χ1) is 14.7. The maximum Gasteiger partial charge on any atom is 0.264 e. The number of para-hydroxylation sites is 1. The number of anilines is 1. The summed E-state index contributed by atoms with van der Waals surface area (Å²) in [6.07, 6.45) is 0. The number of carbonyl (C=O) groups is 1. The van der Waals surface area contributed by atoms with Crippen molar-refractivity contribution in [2.45, 2.75) is 38.6 Å². The molecule has 6 heteroatoms. The quantitative estimate of drug-likeness (QED) is 0.585. The Bertz CT molecular complexity index is 1160. The molecule has 1 N–H and O–H groups in total. The molecule has 0 bridgehead atoms. The second-order valence-corrected chi connectivity index (χ2v) is 9.67. The van der Waals surface area contributed by atoms with E-state index in [1.807, 2.05) is 52.0 Å². The van der Waals surface area contributed by atoms with E-state index in [0.29, 0.717) is 5.69 Å². The minimum absolute atomic E-state index is 0.150. The first-order valence-corrected chi connectivity index (χ1v) is 11.6. The van der Waals surface area contributed by atoms with E-state index in [2.05, 4.69) is 5.32 Å². The van der Waals surface area contributed by atoms with Gasteiger partial charge in [-0.25, -0.2) is 8.42 Å². The third-order valence-electron chi connectivity index (χ3n) is 5.22. The molecule has 0 aliphatic rings. The summed E-state index contributed by atoms with van der Waals surface area (Å²) in [5, 5.41) is 2.95. The number of nitrogens with one attached hydrogen (secondary N) is 1. The summed E-state index contributed by atoms with van der Waals surface area (Å²) in [6, 6.07) is 21.2. The van der Waals surface area contributed by atoms with Crippen LogP contribution in [0.5, 0.6) is 0 Å². The molecule has 0 radical (unpaired) electrons. The highest BCUT2D eigenvalue weighted by Gasteiger charge is 2.27. The fourth-order valence-electron chi connectivity index (χ4n) is 3.47. The Morgan fingerprint density at radius 3 is 2.16 bits per heavy atom. The van der Waals surface area contributed by atoms with Crippen molar-refractivity contribution in [1.29, 1.82) is 0 Å². The topological polar surface area (TPSA) is 66.5 Å². The number of carbonyl (C=O) groups excluding carboxylic acids is 1. The fourth-order valence-corrected chi connectivity index (χ4v) is 4.89. The monoisotopic (exact) mass is 436 g/mol. The van der Waals surface area contributed by atoms with E-state index in [-0.39, 0.29) is 23.4 Å². The number of hydrogen-bond acceptors (Lipinski definition) is 3. The molecule has 0 saturated heterocycles. The van der Waals surface area contributed by atoms with E-state index in [4.69, 9.17) is 0 Å². The number of sulfonamides is 1. The van der Waals surface area contributed by atoms with Gasteiger partial charge in [0.25, 0.3) is 10.0 Å². The van der Waals surface area contributed by atoms with Crippen LogP contribution in [0.15, 0.2) is 77.7 Å². The van der Waals surface area contributed by atoms with E-state index >= 15 is 0 Å². The van der Waals surface area contributed by atoms with Crippen LogP contribution < -0.4 is 9.62 Å². The molecular formula is C25H28N2O3S. The van der Waals surface area contributed by atoms with Crippen molar-refractivity contribution in [3.8, 4) is 0 Å². The van der Waals surface area contributed by atoms with E-state index in [9.17, 15) is 13.2 Å². The highest BCUT2D eigenvalue weighted by atomic mass is 32.2. The molecule has 0 fully saturated rings. The summed E-state index contributed by atoms with van der Waals surface area (Å²) in [4.78, 5) is 13.1. The summed E-state index contributed by atoms with van der Waals surface area (Å²) in [6.45, 7) is 7.49. The molecule has 3 aromatic carbocycles. The molecule has 162 valence electrons. The summed E-state index contributed by atoms with van der Waals surface area (Å²) >= 11 is 0. The molecule has 0 spiro atoms. The molecular weight excluding hydrogens is 408 g/mol. The van der Waals surface area contributed by atoms with Crippen molar-refractivity contribution < 1.29 is 13.2 Å². The van der Waals surface area contributed by atoms with E-state index in [1.54, 1.807) is 48.5 Å². The molecule has 0 aromatic heterocycles. The van der Waals surface area contributed by atoms with Crippen LogP contribution in [0.1, 0.15) is 35.2 Å². The standard InChI is InChI=1S/C25H28N2O3S/c1-18-11-14-23(15-12-18)31(29,30)27(22-8-6-5-7-9-22)17-25(28)26-21(4)24-16-19(2)10-13-20(24)3/h5-16,21H,17H2,1-4H3,(H,26,28)/t21-/m0/s1. The van der Waals surface area contributed by atoms with Gasteiger partial charge in [-0.3, -0.25) is 9.10 Å². The van der Waals surface area contributed by atoms with Crippen molar-refractivity contribution >= 4 is 21.6 Å². The van der Waals surface area contributed by atoms with Crippen LogP contribution in [0.2, 0.25) is 0 Å². The summed E-state index contributed by atoms with van der Waals surface area (Å²) in [5.74, 6) is -0.368. The second kappa shape index (κ2) is 9.35. The Balaban J connectivity index is 1.88. The predicted octanol–water partition coefficient (Wildman–Crippen LogP) is 4.68. The zero-order valence-corrected chi connectivity index (χ0v) is 19.1. The summed E-state index contributed by atoms with van der Waals surface area (Å²) < 4.78 is 27.9. The van der Waals surface area contributed by atoms with Crippen LogP contribution in [-0.2, 0) is 14.8 Å². The van der Waals surface area contributed by atoms with Gasteiger partial charge in [0.2, 0.25) is 5.91 Å². The van der Waals surface area contributed by atoms with Gasteiger partial charge in [0.1, 0.15) is 6.54 Å². The first kappa shape index (κ1) is 22.6. The molecule has 0 heterocycles. The number of benzene rings is 3. The summed E-state index contributed by atoms with van der Waals surface area (Å²) in [5.41, 5.74) is 4.60. The molecule has 0 aliphatic carbocycles. The van der Waals surface area contributed by atoms with Crippen molar-refractivity contribution in [2.75, 3.05) is 10.8 Å². The van der Waals surface area contributed by atoms with Gasteiger partial charge in [0, 0.05) is 0 Å². The van der Waals surface area contributed by atoms with Gasteiger partial charge in [-0.1, -0.05) is 59.7 Å². The largest absolute Gasteiger partial charge is 0.348 e. The second-order valence-electron chi connectivity index (χ2n) is 7.81. The van der Waals surface area contributed by atoms with Gasteiger partial charge >= 0.3 is 0 Å². The lowest BCUT2D eigenvalue weighted by Gasteiger charge is -2.25. The number of aryl methyl sites for hydroxylation is 3. The maximum atomic E-state index is 13.4. The predicted molar refractivity (Wildman–Crippen MR) is 125 cm³/mol. The van der Waals surface area contributed by atoms with Crippen LogP contribution in [-0.4, -0.2) is 20.9 Å². The van der Waals surface area contributed by atoms with Gasteiger partial charge < -0.3 is 5.32 Å². The molecule has 1 atom stereocenters. The smallest absolute Gasteiger partial charge is 0.264 e. The van der Waals surface area contributed by atoms with Crippen LogP contribution in [0, 0.1) is 20.8 Å². The van der Waals surface area contributed by atoms with Gasteiger partial charge in [-0.05, 0) is 63.1 Å². The third-order valence-corrected chi connectivity index (χ3v) is 7.01. The number of nitrogens with zero attached hydrogens (tertiary/aromatic N) is 1. The Morgan fingerprint density at radius 2 is 1.52 bits per heavy atom. The Kier molecular flexibility index (Phi) is 6.81. The normalized spacial score (nSPS) is 12.3. The average Bonchev–Trinajstić information content (AvgIpc) is 2.74. The minimum Gasteiger partial charge on any atom is -0.348 e. The average molecular weight is 437 g/mol. The molecule has 5 nitrogen and oxygen atoms in total. The highest BCUT2D eigenvalue weighted by molar-refractivity contribution is 7.92. The molecule has 0 saturated carbocycles. The third kappa shape index (κ3) is 5.33.